The highest BCUT2D eigenvalue weighted by molar-refractivity contribution is 5.25. The van der Waals surface area contributed by atoms with E-state index in [4.69, 9.17) is 4.74 Å². The number of halogens is 1. The molecule has 0 bridgehead atoms. The van der Waals surface area contributed by atoms with Gasteiger partial charge in [-0.15, -0.1) is 0 Å². The maximum Gasteiger partial charge on any atom is 0.123 e. The molecule has 106 valence electrons. The van der Waals surface area contributed by atoms with Crippen LogP contribution in [0.2, 0.25) is 0 Å². The molecule has 0 unspecified atom stereocenters. The van der Waals surface area contributed by atoms with E-state index in [-0.39, 0.29) is 5.82 Å². The summed E-state index contributed by atoms with van der Waals surface area (Å²) in [6.45, 7) is 5.72. The summed E-state index contributed by atoms with van der Waals surface area (Å²) in [6, 6.07) is 5.55. The number of hydrogen-bond acceptors (Lipinski definition) is 2. The Hall–Kier alpha value is -0.930. The SMILES string of the molecule is CCNC1CCC(OCc2cc(F)ccc2C)CC1. The summed E-state index contributed by atoms with van der Waals surface area (Å²) in [5.74, 6) is -0.181. The Kier molecular flexibility index (Phi) is 5.34. The Morgan fingerprint density at radius 1 is 1.26 bits per heavy atom. The van der Waals surface area contributed by atoms with E-state index in [2.05, 4.69) is 12.2 Å². The lowest BCUT2D eigenvalue weighted by atomic mass is 9.93. The summed E-state index contributed by atoms with van der Waals surface area (Å²) in [7, 11) is 0. The minimum atomic E-state index is -0.181. The molecular weight excluding hydrogens is 241 g/mol. The summed E-state index contributed by atoms with van der Waals surface area (Å²) in [5, 5.41) is 3.49. The van der Waals surface area contributed by atoms with Crippen LogP contribution in [0.1, 0.15) is 43.7 Å². The molecule has 1 fully saturated rings. The molecule has 0 spiro atoms. The van der Waals surface area contributed by atoms with Gasteiger partial charge in [0.1, 0.15) is 5.82 Å². The van der Waals surface area contributed by atoms with Crippen molar-refractivity contribution in [2.24, 2.45) is 0 Å². The van der Waals surface area contributed by atoms with E-state index in [1.807, 2.05) is 13.0 Å². The van der Waals surface area contributed by atoms with Crippen molar-refractivity contribution in [1.29, 1.82) is 0 Å². The zero-order chi connectivity index (χ0) is 13.7. The average Bonchev–Trinajstić information content (AvgIpc) is 2.42. The Morgan fingerprint density at radius 3 is 2.68 bits per heavy atom. The van der Waals surface area contributed by atoms with Crippen LogP contribution in [0.3, 0.4) is 0 Å². The average molecular weight is 265 g/mol. The molecule has 0 saturated heterocycles. The second-order valence-corrected chi connectivity index (χ2v) is 5.41. The Morgan fingerprint density at radius 2 is 2.00 bits per heavy atom. The highest BCUT2D eigenvalue weighted by atomic mass is 19.1. The standard InChI is InChI=1S/C16H24FNO/c1-3-18-15-6-8-16(9-7-15)19-11-13-10-14(17)5-4-12(13)2/h4-5,10,15-16,18H,3,6-9,11H2,1-2H3. The van der Waals surface area contributed by atoms with Gasteiger partial charge in [-0.25, -0.2) is 4.39 Å². The van der Waals surface area contributed by atoms with Gasteiger partial charge in [0.2, 0.25) is 0 Å². The summed E-state index contributed by atoms with van der Waals surface area (Å²) >= 11 is 0. The van der Waals surface area contributed by atoms with Crippen LogP contribution in [-0.2, 0) is 11.3 Å². The third-order valence-corrected chi connectivity index (χ3v) is 3.95. The van der Waals surface area contributed by atoms with E-state index in [0.29, 0.717) is 18.8 Å². The van der Waals surface area contributed by atoms with Crippen LogP contribution in [0.5, 0.6) is 0 Å². The number of ether oxygens (including phenoxy) is 1. The molecule has 1 saturated carbocycles. The van der Waals surface area contributed by atoms with Crippen molar-refractivity contribution in [3.8, 4) is 0 Å². The first-order valence-corrected chi connectivity index (χ1v) is 7.29. The van der Waals surface area contributed by atoms with Crippen LogP contribution in [0, 0.1) is 12.7 Å². The number of benzene rings is 1. The first-order valence-electron chi connectivity index (χ1n) is 7.29. The van der Waals surface area contributed by atoms with Gasteiger partial charge in [0, 0.05) is 6.04 Å². The van der Waals surface area contributed by atoms with E-state index in [9.17, 15) is 4.39 Å². The molecule has 1 aromatic carbocycles. The predicted octanol–water partition coefficient (Wildman–Crippen LogP) is 3.57. The molecule has 2 rings (SSSR count). The van der Waals surface area contributed by atoms with Crippen molar-refractivity contribution in [3.05, 3.63) is 35.1 Å². The lowest BCUT2D eigenvalue weighted by Crippen LogP contribution is -2.35. The van der Waals surface area contributed by atoms with Gasteiger partial charge in [-0.1, -0.05) is 13.0 Å². The Bertz CT molecular complexity index is 400. The van der Waals surface area contributed by atoms with E-state index < -0.39 is 0 Å². The van der Waals surface area contributed by atoms with Gasteiger partial charge in [-0.3, -0.25) is 0 Å². The van der Waals surface area contributed by atoms with Gasteiger partial charge in [0.25, 0.3) is 0 Å². The first-order chi connectivity index (χ1) is 9.19. The molecule has 1 aromatic rings. The van der Waals surface area contributed by atoms with E-state index in [1.54, 1.807) is 6.07 Å². The molecule has 0 atom stereocenters. The zero-order valence-corrected chi connectivity index (χ0v) is 11.9. The van der Waals surface area contributed by atoms with Crippen LogP contribution in [0.4, 0.5) is 4.39 Å². The van der Waals surface area contributed by atoms with E-state index in [1.165, 1.54) is 18.9 Å². The normalized spacial score (nSPS) is 23.5. The molecule has 0 aromatic heterocycles. The number of hydrogen-bond donors (Lipinski definition) is 1. The smallest absolute Gasteiger partial charge is 0.123 e. The van der Waals surface area contributed by atoms with E-state index in [0.717, 1.165) is 30.5 Å². The van der Waals surface area contributed by atoms with Gasteiger partial charge >= 0.3 is 0 Å². The van der Waals surface area contributed by atoms with E-state index >= 15 is 0 Å². The minimum Gasteiger partial charge on any atom is -0.374 e. The van der Waals surface area contributed by atoms with Crippen molar-refractivity contribution in [1.82, 2.24) is 5.32 Å². The molecule has 0 radical (unpaired) electrons. The fraction of sp³-hybridized carbons (Fsp3) is 0.625. The van der Waals surface area contributed by atoms with Crippen LogP contribution in [0.15, 0.2) is 18.2 Å². The minimum absolute atomic E-state index is 0.181. The molecule has 2 nitrogen and oxygen atoms in total. The molecule has 1 aliphatic carbocycles. The molecular formula is C16H24FNO. The molecule has 1 N–H and O–H groups in total. The molecule has 0 heterocycles. The summed E-state index contributed by atoms with van der Waals surface area (Å²) < 4.78 is 19.1. The molecule has 1 aliphatic rings. The highest BCUT2D eigenvalue weighted by Gasteiger charge is 2.20. The fourth-order valence-corrected chi connectivity index (χ4v) is 2.73. The quantitative estimate of drug-likeness (QED) is 0.878. The largest absolute Gasteiger partial charge is 0.374 e. The summed E-state index contributed by atoms with van der Waals surface area (Å²) in [6.07, 6.45) is 4.90. The maximum atomic E-state index is 13.2. The topological polar surface area (TPSA) is 21.3 Å². The molecule has 3 heteroatoms. The summed E-state index contributed by atoms with van der Waals surface area (Å²) in [5.41, 5.74) is 2.07. The fourth-order valence-electron chi connectivity index (χ4n) is 2.73. The van der Waals surface area contributed by atoms with Crippen molar-refractivity contribution in [2.75, 3.05) is 6.54 Å². The summed E-state index contributed by atoms with van der Waals surface area (Å²) in [4.78, 5) is 0. The van der Waals surface area contributed by atoms with Crippen LogP contribution < -0.4 is 5.32 Å². The van der Waals surface area contributed by atoms with Crippen molar-refractivity contribution < 1.29 is 9.13 Å². The van der Waals surface area contributed by atoms with Crippen LogP contribution >= 0.6 is 0 Å². The van der Waals surface area contributed by atoms with Crippen molar-refractivity contribution >= 4 is 0 Å². The van der Waals surface area contributed by atoms with Crippen molar-refractivity contribution in [3.63, 3.8) is 0 Å². The van der Waals surface area contributed by atoms with Gasteiger partial charge in [-0.05, 0) is 62.4 Å². The second-order valence-electron chi connectivity index (χ2n) is 5.41. The van der Waals surface area contributed by atoms with Crippen LogP contribution in [-0.4, -0.2) is 18.7 Å². The lowest BCUT2D eigenvalue weighted by Gasteiger charge is -2.29. The highest BCUT2D eigenvalue weighted by Crippen LogP contribution is 2.23. The molecule has 19 heavy (non-hydrogen) atoms. The molecule has 0 aliphatic heterocycles. The second kappa shape index (κ2) is 7.01. The Balaban J connectivity index is 1.79. The molecule has 0 amide bonds. The third kappa shape index (κ3) is 4.29. The van der Waals surface area contributed by atoms with Crippen molar-refractivity contribution in [2.45, 2.75) is 58.3 Å². The number of aryl methyl sites for hydroxylation is 1. The maximum absolute atomic E-state index is 13.2. The predicted molar refractivity (Wildman–Crippen MR) is 75.6 cm³/mol. The first kappa shape index (κ1) is 14.5. The van der Waals surface area contributed by atoms with Gasteiger partial charge in [-0.2, -0.15) is 0 Å². The lowest BCUT2D eigenvalue weighted by molar-refractivity contribution is 0.0111. The Labute approximate surface area is 115 Å². The van der Waals surface area contributed by atoms with Gasteiger partial charge in [0.05, 0.1) is 12.7 Å². The van der Waals surface area contributed by atoms with Gasteiger partial charge < -0.3 is 10.1 Å². The third-order valence-electron chi connectivity index (χ3n) is 3.95. The monoisotopic (exact) mass is 265 g/mol. The number of nitrogens with one attached hydrogen (secondary N) is 1. The zero-order valence-electron chi connectivity index (χ0n) is 11.9. The van der Waals surface area contributed by atoms with Gasteiger partial charge in [0.15, 0.2) is 0 Å². The number of rotatable bonds is 5. The van der Waals surface area contributed by atoms with Crippen LogP contribution in [0.25, 0.3) is 0 Å².